The van der Waals surface area contributed by atoms with Gasteiger partial charge in [0.05, 0.1) is 7.11 Å². The first-order chi connectivity index (χ1) is 15.6. The number of hydrogen-bond donors (Lipinski definition) is 1. The number of hydrogen-bond acceptors (Lipinski definition) is 4. The average Bonchev–Trinajstić information content (AvgIpc) is 2.76. The second kappa shape index (κ2) is 11.7. The van der Waals surface area contributed by atoms with Gasteiger partial charge in [0, 0.05) is 12.1 Å². The van der Waals surface area contributed by atoms with E-state index in [1.54, 1.807) is 12.0 Å². The Morgan fingerprint density at radius 1 is 1.06 bits per heavy atom. The van der Waals surface area contributed by atoms with E-state index < -0.39 is 11.6 Å². The zero-order chi connectivity index (χ0) is 24.6. The van der Waals surface area contributed by atoms with Crippen LogP contribution in [0.3, 0.4) is 0 Å². The lowest BCUT2D eigenvalue weighted by Crippen LogP contribution is -2.54. The van der Waals surface area contributed by atoms with Crippen LogP contribution in [0.15, 0.2) is 48.5 Å². The van der Waals surface area contributed by atoms with Crippen LogP contribution in [0.4, 0.5) is 0 Å². The normalized spacial score (nSPS) is 12.2. The molecule has 180 valence electrons. The third-order valence-corrected chi connectivity index (χ3v) is 5.26. The standard InChI is InChI=1S/C27H38N2O4/c1-8-23(26(31)28-27(4,5)6)29(17-20-12-11-13-21(16-20)32-7)25(30)18-33-24-15-10-9-14-22(24)19(2)3/h9-16,19,23H,8,17-18H2,1-7H3,(H,28,31). The van der Waals surface area contributed by atoms with E-state index in [1.807, 2.05) is 76.2 Å². The van der Waals surface area contributed by atoms with E-state index in [2.05, 4.69) is 19.2 Å². The minimum atomic E-state index is -0.619. The Bertz CT molecular complexity index is 934. The number of benzene rings is 2. The summed E-state index contributed by atoms with van der Waals surface area (Å²) in [6.07, 6.45) is 0.486. The van der Waals surface area contributed by atoms with E-state index in [9.17, 15) is 9.59 Å². The first-order valence-corrected chi connectivity index (χ1v) is 11.5. The predicted molar refractivity (Wildman–Crippen MR) is 132 cm³/mol. The Morgan fingerprint density at radius 2 is 1.76 bits per heavy atom. The first kappa shape index (κ1) is 26.2. The molecule has 0 heterocycles. The SMILES string of the molecule is CCC(C(=O)NC(C)(C)C)N(Cc1cccc(OC)c1)C(=O)COc1ccccc1C(C)C. The Balaban J connectivity index is 2.30. The quantitative estimate of drug-likeness (QED) is 0.553. The van der Waals surface area contributed by atoms with Crippen LogP contribution < -0.4 is 14.8 Å². The molecule has 0 aromatic heterocycles. The molecule has 0 aliphatic carbocycles. The van der Waals surface area contributed by atoms with Crippen molar-refractivity contribution in [1.82, 2.24) is 10.2 Å². The molecule has 6 heteroatoms. The number of carbonyl (C=O) groups excluding carboxylic acids is 2. The molecule has 1 N–H and O–H groups in total. The van der Waals surface area contributed by atoms with Gasteiger partial charge >= 0.3 is 0 Å². The molecule has 0 aliphatic heterocycles. The molecule has 0 saturated heterocycles. The van der Waals surface area contributed by atoms with Gasteiger partial charge in [0.15, 0.2) is 6.61 Å². The van der Waals surface area contributed by atoms with E-state index in [1.165, 1.54) is 0 Å². The fourth-order valence-corrected chi connectivity index (χ4v) is 3.65. The average molecular weight is 455 g/mol. The van der Waals surface area contributed by atoms with Crippen LogP contribution >= 0.6 is 0 Å². The molecule has 2 aromatic carbocycles. The summed E-state index contributed by atoms with van der Waals surface area (Å²) >= 11 is 0. The van der Waals surface area contributed by atoms with Gasteiger partial charge in [-0.3, -0.25) is 9.59 Å². The lowest BCUT2D eigenvalue weighted by atomic mass is 10.0. The molecule has 0 bridgehead atoms. The Morgan fingerprint density at radius 3 is 2.36 bits per heavy atom. The Kier molecular flexibility index (Phi) is 9.32. The van der Waals surface area contributed by atoms with Gasteiger partial charge < -0.3 is 19.7 Å². The van der Waals surface area contributed by atoms with Crippen molar-refractivity contribution in [3.8, 4) is 11.5 Å². The second-order valence-electron chi connectivity index (χ2n) is 9.52. The molecule has 0 aliphatic rings. The summed E-state index contributed by atoms with van der Waals surface area (Å²) in [5.41, 5.74) is 1.52. The highest BCUT2D eigenvalue weighted by Gasteiger charge is 2.31. The van der Waals surface area contributed by atoms with E-state index in [0.717, 1.165) is 11.1 Å². The van der Waals surface area contributed by atoms with Gasteiger partial charge in [-0.1, -0.05) is 51.1 Å². The molecular weight excluding hydrogens is 416 g/mol. The third kappa shape index (κ3) is 7.81. The van der Waals surface area contributed by atoms with E-state index in [0.29, 0.717) is 17.9 Å². The molecule has 0 spiro atoms. The van der Waals surface area contributed by atoms with Gasteiger partial charge in [-0.25, -0.2) is 0 Å². The molecule has 2 aromatic rings. The molecule has 2 amide bonds. The van der Waals surface area contributed by atoms with Crippen molar-refractivity contribution in [3.63, 3.8) is 0 Å². The fraction of sp³-hybridized carbons (Fsp3) is 0.481. The molecule has 1 atom stereocenters. The molecule has 0 radical (unpaired) electrons. The number of methoxy groups -OCH3 is 1. The minimum absolute atomic E-state index is 0.146. The molecule has 2 rings (SSSR count). The predicted octanol–water partition coefficient (Wildman–Crippen LogP) is 4.92. The molecule has 33 heavy (non-hydrogen) atoms. The molecular formula is C27H38N2O4. The monoisotopic (exact) mass is 454 g/mol. The van der Waals surface area contributed by atoms with Gasteiger partial charge in [0.1, 0.15) is 17.5 Å². The van der Waals surface area contributed by atoms with Crippen LogP contribution in [0, 0.1) is 0 Å². The van der Waals surface area contributed by atoms with Crippen molar-refractivity contribution >= 4 is 11.8 Å². The van der Waals surface area contributed by atoms with E-state index in [-0.39, 0.29) is 30.9 Å². The fourth-order valence-electron chi connectivity index (χ4n) is 3.65. The van der Waals surface area contributed by atoms with Crippen molar-refractivity contribution in [1.29, 1.82) is 0 Å². The lowest BCUT2D eigenvalue weighted by Gasteiger charge is -2.33. The minimum Gasteiger partial charge on any atom is -0.497 e. The number of carbonyl (C=O) groups is 2. The summed E-state index contributed by atoms with van der Waals surface area (Å²) in [5, 5.41) is 3.01. The van der Waals surface area contributed by atoms with Gasteiger partial charge in [-0.05, 0) is 62.4 Å². The maximum absolute atomic E-state index is 13.4. The van der Waals surface area contributed by atoms with Crippen LogP contribution in [-0.4, -0.2) is 42.0 Å². The highest BCUT2D eigenvalue weighted by Crippen LogP contribution is 2.26. The van der Waals surface area contributed by atoms with Crippen LogP contribution in [0.5, 0.6) is 11.5 Å². The van der Waals surface area contributed by atoms with E-state index >= 15 is 0 Å². The summed E-state index contributed by atoms with van der Waals surface area (Å²) in [4.78, 5) is 28.1. The second-order valence-corrected chi connectivity index (χ2v) is 9.52. The summed E-state index contributed by atoms with van der Waals surface area (Å²) < 4.78 is 11.3. The van der Waals surface area contributed by atoms with Gasteiger partial charge in [0.2, 0.25) is 5.91 Å². The largest absolute Gasteiger partial charge is 0.497 e. The third-order valence-electron chi connectivity index (χ3n) is 5.26. The van der Waals surface area contributed by atoms with Crippen LogP contribution in [-0.2, 0) is 16.1 Å². The van der Waals surface area contributed by atoms with Gasteiger partial charge in [0.25, 0.3) is 5.91 Å². The number of amides is 2. The summed E-state index contributed by atoms with van der Waals surface area (Å²) in [7, 11) is 1.60. The number of rotatable bonds is 10. The van der Waals surface area contributed by atoms with Crippen molar-refractivity contribution in [3.05, 3.63) is 59.7 Å². The first-order valence-electron chi connectivity index (χ1n) is 11.5. The maximum Gasteiger partial charge on any atom is 0.261 e. The highest BCUT2D eigenvalue weighted by atomic mass is 16.5. The van der Waals surface area contributed by atoms with Crippen molar-refractivity contribution in [2.45, 2.75) is 72.0 Å². The number of ether oxygens (including phenoxy) is 2. The molecule has 0 saturated carbocycles. The van der Waals surface area contributed by atoms with Crippen LogP contribution in [0.1, 0.15) is 65.0 Å². The van der Waals surface area contributed by atoms with E-state index in [4.69, 9.17) is 9.47 Å². The molecule has 1 unspecified atom stereocenters. The molecule has 6 nitrogen and oxygen atoms in total. The molecule has 0 fully saturated rings. The van der Waals surface area contributed by atoms with Crippen LogP contribution in [0.25, 0.3) is 0 Å². The van der Waals surface area contributed by atoms with Crippen molar-refractivity contribution < 1.29 is 19.1 Å². The number of nitrogens with zero attached hydrogens (tertiary/aromatic N) is 1. The topological polar surface area (TPSA) is 67.9 Å². The maximum atomic E-state index is 13.4. The number of para-hydroxylation sites is 1. The smallest absolute Gasteiger partial charge is 0.261 e. The summed E-state index contributed by atoms with van der Waals surface area (Å²) in [6.45, 7) is 12.0. The highest BCUT2D eigenvalue weighted by molar-refractivity contribution is 5.88. The Hall–Kier alpha value is -3.02. The zero-order valence-corrected chi connectivity index (χ0v) is 21.0. The van der Waals surface area contributed by atoms with Crippen molar-refractivity contribution in [2.24, 2.45) is 0 Å². The van der Waals surface area contributed by atoms with Gasteiger partial charge in [-0.2, -0.15) is 0 Å². The van der Waals surface area contributed by atoms with Gasteiger partial charge in [-0.15, -0.1) is 0 Å². The van der Waals surface area contributed by atoms with Crippen molar-refractivity contribution in [2.75, 3.05) is 13.7 Å². The summed E-state index contributed by atoms with van der Waals surface area (Å²) in [5.74, 6) is 1.24. The van der Waals surface area contributed by atoms with Crippen LogP contribution in [0.2, 0.25) is 0 Å². The number of nitrogens with one attached hydrogen (secondary N) is 1. The summed E-state index contributed by atoms with van der Waals surface area (Å²) in [6, 6.07) is 14.6. The zero-order valence-electron chi connectivity index (χ0n) is 21.0. The lowest BCUT2D eigenvalue weighted by molar-refractivity contribution is -0.143. The Labute approximate surface area is 198 Å².